The fourth-order valence-electron chi connectivity index (χ4n) is 1.45. The van der Waals surface area contributed by atoms with Crippen molar-refractivity contribution in [3.8, 4) is 0 Å². The van der Waals surface area contributed by atoms with E-state index in [4.69, 9.17) is 0 Å². The quantitative estimate of drug-likeness (QED) is 0.800. The summed E-state index contributed by atoms with van der Waals surface area (Å²) in [6, 6.07) is 17.6. The van der Waals surface area contributed by atoms with E-state index in [-0.39, 0.29) is 0 Å². The predicted octanol–water partition coefficient (Wildman–Crippen LogP) is 3.77. The van der Waals surface area contributed by atoms with Crippen LogP contribution in [0.4, 0.5) is 0 Å². The zero-order valence-corrected chi connectivity index (χ0v) is 10.5. The third-order valence-corrected chi connectivity index (χ3v) is 3.56. The average Bonchev–Trinajstić information content (AvgIpc) is 2.39. The number of benzene rings is 2. The van der Waals surface area contributed by atoms with Crippen molar-refractivity contribution in [1.82, 2.24) is 0 Å². The molecule has 0 saturated carbocycles. The number of hydrogen-bond acceptors (Lipinski definition) is 1. The van der Waals surface area contributed by atoms with Gasteiger partial charge in [0.05, 0.1) is 10.8 Å². The van der Waals surface area contributed by atoms with Crippen LogP contribution in [0.2, 0.25) is 0 Å². The first-order chi connectivity index (χ1) is 8.25. The van der Waals surface area contributed by atoms with Crippen LogP contribution >= 0.6 is 0 Å². The Morgan fingerprint density at radius 3 is 2.24 bits per heavy atom. The monoisotopic (exact) mass is 242 g/mol. The molecule has 2 aromatic carbocycles. The molecule has 2 rings (SSSR count). The van der Waals surface area contributed by atoms with Crippen LogP contribution in [0.3, 0.4) is 0 Å². The number of rotatable bonds is 3. The highest BCUT2D eigenvalue weighted by Crippen LogP contribution is 2.10. The lowest BCUT2D eigenvalue weighted by Crippen LogP contribution is -1.84. The van der Waals surface area contributed by atoms with E-state index in [0.717, 1.165) is 10.5 Å². The molecule has 0 N–H and O–H groups in total. The summed E-state index contributed by atoms with van der Waals surface area (Å²) in [6.07, 6.45) is 1.89. The maximum absolute atomic E-state index is 11.9. The van der Waals surface area contributed by atoms with E-state index in [9.17, 15) is 4.21 Å². The molecule has 0 aliphatic heterocycles. The van der Waals surface area contributed by atoms with Gasteiger partial charge in [-0.3, -0.25) is 0 Å². The summed E-state index contributed by atoms with van der Waals surface area (Å²) in [5, 5.41) is 1.72. The zero-order valence-electron chi connectivity index (χ0n) is 9.67. The van der Waals surface area contributed by atoms with Crippen molar-refractivity contribution in [2.45, 2.75) is 11.8 Å². The molecule has 1 unspecified atom stereocenters. The second kappa shape index (κ2) is 5.60. The summed E-state index contributed by atoms with van der Waals surface area (Å²) in [4.78, 5) is 0.830. The Bertz CT molecular complexity index is 527. The van der Waals surface area contributed by atoms with Gasteiger partial charge in [-0.2, -0.15) is 0 Å². The SMILES string of the molecule is Cc1ccc(/C=C/S(=O)c2ccccc2)cc1. The van der Waals surface area contributed by atoms with E-state index in [0.29, 0.717) is 0 Å². The largest absolute Gasteiger partial charge is 0.250 e. The molecule has 0 aliphatic carbocycles. The van der Waals surface area contributed by atoms with E-state index in [1.807, 2.05) is 60.7 Å². The Hall–Kier alpha value is -1.67. The van der Waals surface area contributed by atoms with E-state index in [1.165, 1.54) is 5.56 Å². The lowest BCUT2D eigenvalue weighted by molar-refractivity contribution is 0.688. The third kappa shape index (κ3) is 3.40. The average molecular weight is 242 g/mol. The highest BCUT2D eigenvalue weighted by atomic mass is 32.2. The first-order valence-corrected chi connectivity index (χ1v) is 6.67. The molecule has 0 bridgehead atoms. The summed E-state index contributed by atoms with van der Waals surface area (Å²) in [5.41, 5.74) is 2.30. The van der Waals surface area contributed by atoms with Gasteiger partial charge in [-0.25, -0.2) is 4.21 Å². The van der Waals surface area contributed by atoms with E-state index in [2.05, 4.69) is 6.92 Å². The highest BCUT2D eigenvalue weighted by Gasteiger charge is 1.97. The minimum absolute atomic E-state index is 0.830. The molecule has 0 radical (unpaired) electrons. The minimum atomic E-state index is -1.07. The molecule has 86 valence electrons. The van der Waals surface area contributed by atoms with Crippen molar-refractivity contribution in [3.63, 3.8) is 0 Å². The Balaban J connectivity index is 2.11. The van der Waals surface area contributed by atoms with Crippen molar-refractivity contribution in [2.75, 3.05) is 0 Å². The molecule has 0 aromatic heterocycles. The Morgan fingerprint density at radius 1 is 0.941 bits per heavy atom. The maximum atomic E-state index is 11.9. The van der Waals surface area contributed by atoms with Gasteiger partial charge in [-0.05, 0) is 30.7 Å². The van der Waals surface area contributed by atoms with Gasteiger partial charge in [0.25, 0.3) is 0 Å². The van der Waals surface area contributed by atoms with Crippen LogP contribution in [0.5, 0.6) is 0 Å². The van der Waals surface area contributed by atoms with Crippen LogP contribution < -0.4 is 0 Å². The van der Waals surface area contributed by atoms with Gasteiger partial charge < -0.3 is 0 Å². The normalized spacial score (nSPS) is 12.8. The van der Waals surface area contributed by atoms with Gasteiger partial charge in [0, 0.05) is 10.3 Å². The predicted molar refractivity (Wildman–Crippen MR) is 73.1 cm³/mol. The molecule has 0 aliphatic rings. The van der Waals surface area contributed by atoms with Crippen LogP contribution in [-0.4, -0.2) is 4.21 Å². The van der Waals surface area contributed by atoms with Gasteiger partial charge >= 0.3 is 0 Å². The molecule has 0 heterocycles. The highest BCUT2D eigenvalue weighted by molar-refractivity contribution is 7.88. The minimum Gasteiger partial charge on any atom is -0.250 e. The second-order valence-corrected chi connectivity index (χ2v) is 5.16. The fourth-order valence-corrected chi connectivity index (χ4v) is 2.31. The van der Waals surface area contributed by atoms with Crippen LogP contribution in [-0.2, 0) is 10.8 Å². The first-order valence-electron chi connectivity index (χ1n) is 5.46. The van der Waals surface area contributed by atoms with Crippen LogP contribution in [0.1, 0.15) is 11.1 Å². The van der Waals surface area contributed by atoms with Crippen molar-refractivity contribution < 1.29 is 4.21 Å². The van der Waals surface area contributed by atoms with Gasteiger partial charge in [-0.15, -0.1) is 0 Å². The van der Waals surface area contributed by atoms with Crippen LogP contribution in [0.15, 0.2) is 64.9 Å². The van der Waals surface area contributed by atoms with Crippen molar-refractivity contribution in [2.24, 2.45) is 0 Å². The van der Waals surface area contributed by atoms with Gasteiger partial charge in [-0.1, -0.05) is 48.0 Å². The molecular weight excluding hydrogens is 228 g/mol. The molecule has 0 fully saturated rings. The molecule has 1 nitrogen and oxygen atoms in total. The Morgan fingerprint density at radius 2 is 1.59 bits per heavy atom. The molecule has 0 spiro atoms. The zero-order chi connectivity index (χ0) is 12.1. The molecule has 0 amide bonds. The topological polar surface area (TPSA) is 17.1 Å². The third-order valence-electron chi connectivity index (χ3n) is 2.44. The van der Waals surface area contributed by atoms with E-state index in [1.54, 1.807) is 5.41 Å². The summed E-state index contributed by atoms with van der Waals surface area (Å²) in [6.45, 7) is 2.05. The Kier molecular flexibility index (Phi) is 3.89. The number of hydrogen-bond donors (Lipinski definition) is 0. The summed E-state index contributed by atoms with van der Waals surface area (Å²) in [7, 11) is -1.07. The van der Waals surface area contributed by atoms with Gasteiger partial charge in [0.15, 0.2) is 0 Å². The first kappa shape index (κ1) is 11.8. The molecule has 2 aromatic rings. The lowest BCUT2D eigenvalue weighted by atomic mass is 10.2. The molecule has 2 heteroatoms. The van der Waals surface area contributed by atoms with Crippen LogP contribution in [0.25, 0.3) is 6.08 Å². The lowest BCUT2D eigenvalue weighted by Gasteiger charge is -1.96. The summed E-state index contributed by atoms with van der Waals surface area (Å²) >= 11 is 0. The fraction of sp³-hybridized carbons (Fsp3) is 0.0667. The standard InChI is InChI=1S/C15H14OS/c1-13-7-9-14(10-8-13)11-12-17(16)15-5-3-2-4-6-15/h2-12H,1H3/b12-11+. The molecule has 17 heavy (non-hydrogen) atoms. The molecular formula is C15H14OS. The van der Waals surface area contributed by atoms with Crippen LogP contribution in [0, 0.1) is 6.92 Å². The van der Waals surface area contributed by atoms with Crippen molar-refractivity contribution in [3.05, 3.63) is 71.1 Å². The Labute approximate surface area is 104 Å². The van der Waals surface area contributed by atoms with Gasteiger partial charge in [0.1, 0.15) is 0 Å². The molecule has 1 atom stereocenters. The van der Waals surface area contributed by atoms with E-state index < -0.39 is 10.8 Å². The smallest absolute Gasteiger partial charge is 0.0776 e. The summed E-state index contributed by atoms with van der Waals surface area (Å²) in [5.74, 6) is 0. The number of aryl methyl sites for hydroxylation is 1. The second-order valence-electron chi connectivity index (χ2n) is 3.82. The maximum Gasteiger partial charge on any atom is 0.0776 e. The summed E-state index contributed by atoms with van der Waals surface area (Å²) < 4.78 is 11.9. The van der Waals surface area contributed by atoms with Crippen molar-refractivity contribution in [1.29, 1.82) is 0 Å². The van der Waals surface area contributed by atoms with Crippen molar-refractivity contribution >= 4 is 16.9 Å². The van der Waals surface area contributed by atoms with Gasteiger partial charge in [0.2, 0.25) is 0 Å². The molecule has 0 saturated heterocycles. The van der Waals surface area contributed by atoms with E-state index >= 15 is 0 Å².